The number of benzene rings is 1. The first-order valence-corrected chi connectivity index (χ1v) is 6.96. The summed E-state index contributed by atoms with van der Waals surface area (Å²) >= 11 is 0. The van der Waals surface area contributed by atoms with Gasteiger partial charge < -0.3 is 9.64 Å². The molecule has 1 aromatic heterocycles. The predicted octanol–water partition coefficient (Wildman–Crippen LogP) is 2.90. The summed E-state index contributed by atoms with van der Waals surface area (Å²) in [5.74, 6) is -0.140. The van der Waals surface area contributed by atoms with Gasteiger partial charge in [-0.3, -0.25) is 9.78 Å². The van der Waals surface area contributed by atoms with E-state index in [1.54, 1.807) is 24.4 Å². The predicted molar refractivity (Wildman–Crippen MR) is 82.9 cm³/mol. The largest absolute Gasteiger partial charge is 0.384 e. The molecular weight excluding hydrogens is 264 g/mol. The lowest BCUT2D eigenvalue weighted by Crippen LogP contribution is -2.36. The topological polar surface area (TPSA) is 42.4 Å². The Balaban J connectivity index is 2.24. The molecule has 4 heteroatoms. The first kappa shape index (κ1) is 15.2. The molecule has 0 aliphatic rings. The number of hydrogen-bond acceptors (Lipinski definition) is 3. The molecule has 110 valence electrons. The van der Waals surface area contributed by atoms with Gasteiger partial charge >= 0.3 is 0 Å². The third-order valence-corrected chi connectivity index (χ3v) is 3.26. The van der Waals surface area contributed by atoms with Gasteiger partial charge in [-0.1, -0.05) is 37.3 Å². The van der Waals surface area contributed by atoms with E-state index in [-0.39, 0.29) is 11.8 Å². The van der Waals surface area contributed by atoms with Crippen LogP contribution in [0.5, 0.6) is 0 Å². The molecule has 0 radical (unpaired) electrons. The van der Waals surface area contributed by atoms with Crippen LogP contribution in [0.4, 0.5) is 5.69 Å². The first-order chi connectivity index (χ1) is 10.2. The minimum absolute atomic E-state index is 0.0481. The summed E-state index contributed by atoms with van der Waals surface area (Å²) in [6, 6.07) is 13.6. The van der Waals surface area contributed by atoms with Gasteiger partial charge in [0, 0.05) is 25.2 Å². The van der Waals surface area contributed by atoms with Crippen molar-refractivity contribution in [2.45, 2.75) is 13.5 Å². The fourth-order valence-corrected chi connectivity index (χ4v) is 2.17. The maximum atomic E-state index is 12.7. The van der Waals surface area contributed by atoms with Crippen molar-refractivity contribution in [2.24, 2.45) is 5.92 Å². The molecular formula is C17H20N2O2. The fourth-order valence-electron chi connectivity index (χ4n) is 2.17. The molecule has 0 spiro atoms. The second-order valence-electron chi connectivity index (χ2n) is 4.97. The standard InChI is InChI=1S/C17H20N2O2/c1-14(13-21-2)17(20)19(16-8-10-18-11-9-16)12-15-6-4-3-5-7-15/h3-11,14H,12-13H2,1-2H3/t14-/m0/s1. The molecule has 0 N–H and O–H groups in total. The van der Waals surface area contributed by atoms with Crippen LogP contribution in [0.1, 0.15) is 12.5 Å². The molecule has 2 aromatic rings. The number of carbonyl (C=O) groups is 1. The molecule has 1 amide bonds. The third-order valence-electron chi connectivity index (χ3n) is 3.26. The van der Waals surface area contributed by atoms with Crippen LogP contribution in [0, 0.1) is 5.92 Å². The zero-order chi connectivity index (χ0) is 15.1. The van der Waals surface area contributed by atoms with Crippen molar-refractivity contribution in [1.29, 1.82) is 0 Å². The van der Waals surface area contributed by atoms with Gasteiger partial charge in [0.1, 0.15) is 0 Å². The Morgan fingerprint density at radius 2 is 1.86 bits per heavy atom. The van der Waals surface area contributed by atoms with Crippen molar-refractivity contribution in [3.05, 3.63) is 60.4 Å². The number of methoxy groups -OCH3 is 1. The molecule has 0 aliphatic carbocycles. The molecule has 0 saturated carbocycles. The molecule has 1 atom stereocenters. The number of hydrogen-bond donors (Lipinski definition) is 0. The van der Waals surface area contributed by atoms with E-state index in [0.29, 0.717) is 13.2 Å². The van der Waals surface area contributed by atoms with Crippen LogP contribution >= 0.6 is 0 Å². The number of anilines is 1. The van der Waals surface area contributed by atoms with Gasteiger partial charge in [0.25, 0.3) is 0 Å². The maximum Gasteiger partial charge on any atom is 0.232 e. The average molecular weight is 284 g/mol. The smallest absolute Gasteiger partial charge is 0.232 e. The van der Waals surface area contributed by atoms with Crippen molar-refractivity contribution in [1.82, 2.24) is 4.98 Å². The van der Waals surface area contributed by atoms with Gasteiger partial charge in [-0.15, -0.1) is 0 Å². The zero-order valence-corrected chi connectivity index (χ0v) is 12.4. The summed E-state index contributed by atoms with van der Waals surface area (Å²) in [5.41, 5.74) is 1.94. The summed E-state index contributed by atoms with van der Waals surface area (Å²) in [7, 11) is 1.61. The Bertz CT molecular complexity index is 558. The van der Waals surface area contributed by atoms with Gasteiger partial charge in [-0.25, -0.2) is 0 Å². The molecule has 4 nitrogen and oxygen atoms in total. The fraction of sp³-hybridized carbons (Fsp3) is 0.294. The number of amides is 1. The number of rotatable bonds is 6. The molecule has 0 fully saturated rings. The quantitative estimate of drug-likeness (QED) is 0.819. The van der Waals surface area contributed by atoms with E-state index >= 15 is 0 Å². The second-order valence-corrected chi connectivity index (χ2v) is 4.97. The highest BCUT2D eigenvalue weighted by Gasteiger charge is 2.22. The maximum absolute atomic E-state index is 12.7. The summed E-state index contributed by atoms with van der Waals surface area (Å²) in [4.78, 5) is 18.5. The Kier molecular flexibility index (Phi) is 5.46. The Morgan fingerprint density at radius 3 is 2.48 bits per heavy atom. The van der Waals surface area contributed by atoms with E-state index in [2.05, 4.69) is 4.98 Å². The average Bonchev–Trinajstić information content (AvgIpc) is 2.54. The summed E-state index contributed by atoms with van der Waals surface area (Å²) in [6.07, 6.45) is 3.39. The van der Waals surface area contributed by atoms with Gasteiger partial charge in [0.2, 0.25) is 5.91 Å². The minimum atomic E-state index is -0.188. The second kappa shape index (κ2) is 7.55. The molecule has 2 rings (SSSR count). The summed E-state index contributed by atoms with van der Waals surface area (Å²) < 4.78 is 5.10. The lowest BCUT2D eigenvalue weighted by atomic mass is 10.1. The Labute approximate surface area is 125 Å². The van der Waals surface area contributed by atoms with E-state index in [4.69, 9.17) is 4.74 Å². The lowest BCUT2D eigenvalue weighted by molar-refractivity contribution is -0.123. The minimum Gasteiger partial charge on any atom is -0.384 e. The zero-order valence-electron chi connectivity index (χ0n) is 12.4. The normalized spacial score (nSPS) is 11.9. The molecule has 21 heavy (non-hydrogen) atoms. The number of carbonyl (C=O) groups excluding carboxylic acids is 1. The van der Waals surface area contributed by atoms with Crippen LogP contribution in [0.15, 0.2) is 54.9 Å². The van der Waals surface area contributed by atoms with Crippen LogP contribution in [0.2, 0.25) is 0 Å². The first-order valence-electron chi connectivity index (χ1n) is 6.96. The number of pyridine rings is 1. The van der Waals surface area contributed by atoms with E-state index in [1.807, 2.05) is 49.4 Å². The summed E-state index contributed by atoms with van der Waals surface area (Å²) in [6.45, 7) is 2.83. The van der Waals surface area contributed by atoms with Gasteiger partial charge in [0.15, 0.2) is 0 Å². The van der Waals surface area contributed by atoms with Crippen LogP contribution in [0.3, 0.4) is 0 Å². The van der Waals surface area contributed by atoms with Crippen LogP contribution in [-0.2, 0) is 16.1 Å². The van der Waals surface area contributed by atoms with E-state index in [0.717, 1.165) is 11.3 Å². The monoisotopic (exact) mass is 284 g/mol. The van der Waals surface area contributed by atoms with E-state index in [1.165, 1.54) is 0 Å². The highest BCUT2D eigenvalue weighted by atomic mass is 16.5. The van der Waals surface area contributed by atoms with Gasteiger partial charge in [0.05, 0.1) is 19.1 Å². The molecule has 1 heterocycles. The van der Waals surface area contributed by atoms with Crippen LogP contribution in [-0.4, -0.2) is 24.6 Å². The van der Waals surface area contributed by atoms with Gasteiger partial charge in [-0.05, 0) is 17.7 Å². The van der Waals surface area contributed by atoms with E-state index < -0.39 is 0 Å². The van der Waals surface area contributed by atoms with E-state index in [9.17, 15) is 4.79 Å². The van der Waals surface area contributed by atoms with Crippen molar-refractivity contribution >= 4 is 11.6 Å². The molecule has 0 saturated heterocycles. The third kappa shape index (κ3) is 4.13. The van der Waals surface area contributed by atoms with Crippen molar-refractivity contribution in [2.75, 3.05) is 18.6 Å². The SMILES string of the molecule is COC[C@H](C)C(=O)N(Cc1ccccc1)c1ccncc1. The number of ether oxygens (including phenoxy) is 1. The Morgan fingerprint density at radius 1 is 1.19 bits per heavy atom. The molecule has 0 unspecified atom stereocenters. The van der Waals surface area contributed by atoms with Crippen molar-refractivity contribution < 1.29 is 9.53 Å². The van der Waals surface area contributed by atoms with Crippen LogP contribution in [0.25, 0.3) is 0 Å². The Hall–Kier alpha value is -2.20. The highest BCUT2D eigenvalue weighted by molar-refractivity contribution is 5.94. The van der Waals surface area contributed by atoms with Crippen molar-refractivity contribution in [3.8, 4) is 0 Å². The molecule has 1 aromatic carbocycles. The van der Waals surface area contributed by atoms with Crippen molar-refractivity contribution in [3.63, 3.8) is 0 Å². The lowest BCUT2D eigenvalue weighted by Gasteiger charge is -2.25. The molecule has 0 aliphatic heterocycles. The number of nitrogens with zero attached hydrogens (tertiary/aromatic N) is 2. The number of aromatic nitrogens is 1. The van der Waals surface area contributed by atoms with Crippen LogP contribution < -0.4 is 4.90 Å². The van der Waals surface area contributed by atoms with Gasteiger partial charge in [-0.2, -0.15) is 0 Å². The highest BCUT2D eigenvalue weighted by Crippen LogP contribution is 2.19. The molecule has 0 bridgehead atoms. The summed E-state index contributed by atoms with van der Waals surface area (Å²) in [5, 5.41) is 0.